The molecule has 0 aromatic heterocycles. The lowest BCUT2D eigenvalue weighted by molar-refractivity contribution is 0.215. The fourth-order valence-electron chi connectivity index (χ4n) is 1.99. The Morgan fingerprint density at radius 1 is 1.21 bits per heavy atom. The predicted octanol–water partition coefficient (Wildman–Crippen LogP) is 3.17. The van der Waals surface area contributed by atoms with E-state index in [1.54, 1.807) is 18.2 Å². The highest BCUT2D eigenvalue weighted by molar-refractivity contribution is 9.10. The maximum atomic E-state index is 13.8. The van der Waals surface area contributed by atoms with E-state index in [1.165, 1.54) is 6.07 Å². The van der Waals surface area contributed by atoms with Crippen LogP contribution in [0.1, 0.15) is 22.8 Å². The van der Waals surface area contributed by atoms with Crippen molar-refractivity contribution in [2.45, 2.75) is 12.5 Å². The number of benzene rings is 2. The standard InChI is InChI=1S/C15H15BrFNO/c16-12-4-5-14(17)13(9-12)15(19)11-3-1-2-10(8-11)6-7-18/h1-5,8-9,15,19H,6-7,18H2. The Labute approximate surface area is 120 Å². The second kappa shape index (κ2) is 6.28. The van der Waals surface area contributed by atoms with Crippen LogP contribution in [0, 0.1) is 5.82 Å². The molecule has 2 aromatic rings. The summed E-state index contributed by atoms with van der Waals surface area (Å²) in [5.74, 6) is -0.417. The SMILES string of the molecule is NCCc1cccc(C(O)c2cc(Br)ccc2F)c1. The van der Waals surface area contributed by atoms with E-state index < -0.39 is 11.9 Å². The van der Waals surface area contributed by atoms with Gasteiger partial charge >= 0.3 is 0 Å². The number of hydrogen-bond acceptors (Lipinski definition) is 2. The second-order valence-electron chi connectivity index (χ2n) is 4.35. The first-order chi connectivity index (χ1) is 9.11. The van der Waals surface area contributed by atoms with Crippen LogP contribution in [0.5, 0.6) is 0 Å². The summed E-state index contributed by atoms with van der Waals surface area (Å²) >= 11 is 3.28. The minimum Gasteiger partial charge on any atom is -0.384 e. The van der Waals surface area contributed by atoms with Crippen LogP contribution < -0.4 is 5.73 Å². The van der Waals surface area contributed by atoms with Gasteiger partial charge in [0, 0.05) is 10.0 Å². The van der Waals surface area contributed by atoms with E-state index in [0.29, 0.717) is 12.1 Å². The van der Waals surface area contributed by atoms with Gasteiger partial charge in [0.1, 0.15) is 11.9 Å². The van der Waals surface area contributed by atoms with Crippen LogP contribution in [-0.2, 0) is 6.42 Å². The lowest BCUT2D eigenvalue weighted by atomic mass is 9.98. The third kappa shape index (κ3) is 3.41. The molecule has 0 saturated heterocycles. The van der Waals surface area contributed by atoms with Crippen molar-refractivity contribution in [3.8, 4) is 0 Å². The van der Waals surface area contributed by atoms with Crippen molar-refractivity contribution in [1.29, 1.82) is 0 Å². The van der Waals surface area contributed by atoms with Gasteiger partial charge in [-0.2, -0.15) is 0 Å². The van der Waals surface area contributed by atoms with Gasteiger partial charge < -0.3 is 10.8 Å². The molecule has 2 rings (SSSR count). The highest BCUT2D eigenvalue weighted by Crippen LogP contribution is 2.27. The Morgan fingerprint density at radius 2 is 2.00 bits per heavy atom. The average Bonchev–Trinajstić information content (AvgIpc) is 2.41. The molecule has 19 heavy (non-hydrogen) atoms. The molecule has 0 aliphatic heterocycles. The van der Waals surface area contributed by atoms with Gasteiger partial charge in [0.15, 0.2) is 0 Å². The molecule has 100 valence electrons. The monoisotopic (exact) mass is 323 g/mol. The van der Waals surface area contributed by atoms with Gasteiger partial charge in [0.25, 0.3) is 0 Å². The Bertz CT molecular complexity index is 574. The van der Waals surface area contributed by atoms with Crippen molar-refractivity contribution in [1.82, 2.24) is 0 Å². The molecule has 0 bridgehead atoms. The van der Waals surface area contributed by atoms with E-state index in [9.17, 15) is 9.50 Å². The number of aliphatic hydroxyl groups is 1. The van der Waals surface area contributed by atoms with Crippen LogP contribution in [0.15, 0.2) is 46.9 Å². The van der Waals surface area contributed by atoms with E-state index in [1.807, 2.05) is 18.2 Å². The molecule has 0 aliphatic rings. The van der Waals surface area contributed by atoms with Crippen molar-refractivity contribution in [2.75, 3.05) is 6.54 Å². The molecule has 1 unspecified atom stereocenters. The molecule has 2 aromatic carbocycles. The van der Waals surface area contributed by atoms with E-state index in [-0.39, 0.29) is 5.56 Å². The quantitative estimate of drug-likeness (QED) is 0.907. The summed E-state index contributed by atoms with van der Waals surface area (Å²) in [7, 11) is 0. The molecule has 0 spiro atoms. The van der Waals surface area contributed by atoms with Gasteiger partial charge in [0.05, 0.1) is 0 Å². The third-order valence-electron chi connectivity index (χ3n) is 2.95. The maximum Gasteiger partial charge on any atom is 0.129 e. The lowest BCUT2D eigenvalue weighted by Crippen LogP contribution is -2.06. The Hall–Kier alpha value is -1.23. The molecular weight excluding hydrogens is 309 g/mol. The average molecular weight is 324 g/mol. The van der Waals surface area contributed by atoms with Gasteiger partial charge in [-0.05, 0) is 42.3 Å². The molecule has 3 N–H and O–H groups in total. The van der Waals surface area contributed by atoms with E-state index in [4.69, 9.17) is 5.73 Å². The summed E-state index contributed by atoms with van der Waals surface area (Å²) in [6.45, 7) is 0.546. The zero-order valence-corrected chi connectivity index (χ0v) is 11.9. The molecular formula is C15H15BrFNO. The van der Waals surface area contributed by atoms with Crippen LogP contribution in [0.3, 0.4) is 0 Å². The van der Waals surface area contributed by atoms with E-state index in [2.05, 4.69) is 15.9 Å². The Balaban J connectivity index is 2.35. The summed E-state index contributed by atoms with van der Waals surface area (Å²) in [4.78, 5) is 0. The second-order valence-corrected chi connectivity index (χ2v) is 5.27. The molecule has 0 aliphatic carbocycles. The predicted molar refractivity (Wildman–Crippen MR) is 77.4 cm³/mol. The largest absolute Gasteiger partial charge is 0.384 e. The van der Waals surface area contributed by atoms with Gasteiger partial charge in [-0.25, -0.2) is 4.39 Å². The van der Waals surface area contributed by atoms with Crippen LogP contribution in [-0.4, -0.2) is 11.7 Å². The van der Waals surface area contributed by atoms with Crippen molar-refractivity contribution < 1.29 is 9.50 Å². The molecule has 0 saturated carbocycles. The summed E-state index contributed by atoms with van der Waals surface area (Å²) in [5, 5.41) is 10.3. The van der Waals surface area contributed by atoms with Crippen LogP contribution in [0.25, 0.3) is 0 Å². The van der Waals surface area contributed by atoms with E-state index >= 15 is 0 Å². The Morgan fingerprint density at radius 3 is 2.74 bits per heavy atom. The van der Waals surface area contributed by atoms with Gasteiger partial charge in [-0.3, -0.25) is 0 Å². The summed E-state index contributed by atoms with van der Waals surface area (Å²) in [6, 6.07) is 12.0. The number of rotatable bonds is 4. The van der Waals surface area contributed by atoms with Gasteiger partial charge in [-0.15, -0.1) is 0 Å². The topological polar surface area (TPSA) is 46.2 Å². The van der Waals surface area contributed by atoms with Gasteiger partial charge in [0.2, 0.25) is 0 Å². The molecule has 4 heteroatoms. The molecule has 0 radical (unpaired) electrons. The minimum atomic E-state index is -0.977. The highest BCUT2D eigenvalue weighted by atomic mass is 79.9. The zero-order chi connectivity index (χ0) is 13.8. The van der Waals surface area contributed by atoms with E-state index in [0.717, 1.165) is 16.5 Å². The normalized spacial score (nSPS) is 12.4. The molecule has 0 heterocycles. The number of halogens is 2. The van der Waals surface area contributed by atoms with Crippen molar-refractivity contribution >= 4 is 15.9 Å². The fraction of sp³-hybridized carbons (Fsp3) is 0.200. The highest BCUT2D eigenvalue weighted by Gasteiger charge is 2.15. The smallest absolute Gasteiger partial charge is 0.129 e. The first kappa shape index (κ1) is 14.2. The summed E-state index contributed by atoms with van der Waals surface area (Å²) in [6.07, 6.45) is -0.239. The third-order valence-corrected chi connectivity index (χ3v) is 3.45. The van der Waals surface area contributed by atoms with Crippen LogP contribution in [0.2, 0.25) is 0 Å². The molecule has 0 amide bonds. The summed E-state index contributed by atoms with van der Waals surface area (Å²) < 4.78 is 14.5. The van der Waals surface area contributed by atoms with Crippen LogP contribution >= 0.6 is 15.9 Å². The molecule has 1 atom stereocenters. The number of nitrogens with two attached hydrogens (primary N) is 1. The van der Waals surface area contributed by atoms with Crippen LogP contribution in [0.4, 0.5) is 4.39 Å². The number of hydrogen-bond donors (Lipinski definition) is 2. The minimum absolute atomic E-state index is 0.263. The fourth-order valence-corrected chi connectivity index (χ4v) is 2.37. The zero-order valence-electron chi connectivity index (χ0n) is 10.3. The van der Waals surface area contributed by atoms with Crippen molar-refractivity contribution in [3.63, 3.8) is 0 Å². The number of aliphatic hydroxyl groups excluding tert-OH is 1. The first-order valence-electron chi connectivity index (χ1n) is 6.03. The first-order valence-corrected chi connectivity index (χ1v) is 6.83. The van der Waals surface area contributed by atoms with Crippen molar-refractivity contribution in [3.05, 3.63) is 69.4 Å². The Kier molecular flexibility index (Phi) is 4.69. The lowest BCUT2D eigenvalue weighted by Gasteiger charge is -2.14. The maximum absolute atomic E-state index is 13.8. The van der Waals surface area contributed by atoms with Gasteiger partial charge in [-0.1, -0.05) is 40.2 Å². The van der Waals surface area contributed by atoms with Crippen molar-refractivity contribution in [2.24, 2.45) is 5.73 Å². The molecule has 2 nitrogen and oxygen atoms in total. The molecule has 0 fully saturated rings. The summed E-state index contributed by atoms with van der Waals surface area (Å²) in [5.41, 5.74) is 7.48.